The molecule has 0 heterocycles. The molecule has 0 saturated heterocycles. The molecule has 0 saturated carbocycles. The molecule has 4 N–H and O–H groups in total. The fraction of sp³-hybridized carbons (Fsp3) is 0.273. The average Bonchev–Trinajstić information content (AvgIpc) is 2.25. The van der Waals surface area contributed by atoms with E-state index in [-0.39, 0.29) is 0 Å². The van der Waals surface area contributed by atoms with E-state index in [1.807, 2.05) is 12.1 Å². The molecule has 0 bridgehead atoms. The van der Waals surface area contributed by atoms with Crippen LogP contribution >= 0.6 is 22.6 Å². The Morgan fingerprint density at radius 3 is 2.22 bits per heavy atom. The Morgan fingerprint density at radius 2 is 1.72 bits per heavy atom. The van der Waals surface area contributed by atoms with Gasteiger partial charge in [0.2, 0.25) is 0 Å². The summed E-state index contributed by atoms with van der Waals surface area (Å²) in [4.78, 5) is 21.7. The summed E-state index contributed by atoms with van der Waals surface area (Å²) in [5.41, 5.74) is 10.7. The molecule has 0 aliphatic rings. The number of carbonyl (C=O) groups is 2. The zero-order chi connectivity index (χ0) is 13.7. The van der Waals surface area contributed by atoms with Crippen molar-refractivity contribution in [1.82, 2.24) is 0 Å². The van der Waals surface area contributed by atoms with Crippen molar-refractivity contribution in [2.45, 2.75) is 19.1 Å². The maximum Gasteiger partial charge on any atom is 0.405 e. The van der Waals surface area contributed by atoms with Crippen molar-refractivity contribution in [2.75, 3.05) is 0 Å². The van der Waals surface area contributed by atoms with Crippen molar-refractivity contribution in [3.05, 3.63) is 33.4 Å². The van der Waals surface area contributed by atoms with Gasteiger partial charge in [0.1, 0.15) is 6.10 Å². The zero-order valence-electron chi connectivity index (χ0n) is 9.63. The van der Waals surface area contributed by atoms with Gasteiger partial charge in [0.25, 0.3) is 0 Å². The molecule has 0 unspecified atom stereocenters. The Bertz CT molecular complexity index is 452. The number of nitrogens with two attached hydrogens (primary N) is 2. The number of hydrogen-bond acceptors (Lipinski definition) is 4. The summed E-state index contributed by atoms with van der Waals surface area (Å²) < 4.78 is 10.7. The predicted molar refractivity (Wildman–Crippen MR) is 72.7 cm³/mol. The number of benzene rings is 1. The summed E-state index contributed by atoms with van der Waals surface area (Å²) in [7, 11) is 0. The molecule has 0 spiro atoms. The van der Waals surface area contributed by atoms with E-state index in [4.69, 9.17) is 20.9 Å². The van der Waals surface area contributed by atoms with E-state index in [0.717, 1.165) is 3.57 Å². The number of rotatable bonds is 4. The molecule has 0 aliphatic carbocycles. The molecule has 18 heavy (non-hydrogen) atoms. The van der Waals surface area contributed by atoms with Crippen molar-refractivity contribution >= 4 is 34.8 Å². The molecule has 1 aromatic carbocycles. The largest absolute Gasteiger partial charge is 0.442 e. The molecule has 7 heteroatoms. The summed E-state index contributed by atoms with van der Waals surface area (Å²) in [5, 5.41) is 0. The van der Waals surface area contributed by atoms with Crippen LogP contribution in [0.2, 0.25) is 0 Å². The van der Waals surface area contributed by atoms with E-state index in [1.165, 1.54) is 0 Å². The lowest BCUT2D eigenvalue weighted by Gasteiger charge is -2.23. The first-order valence-corrected chi connectivity index (χ1v) is 6.16. The first kappa shape index (κ1) is 14.6. The van der Waals surface area contributed by atoms with E-state index in [0.29, 0.717) is 5.56 Å². The Morgan fingerprint density at radius 1 is 1.17 bits per heavy atom. The minimum atomic E-state index is -0.945. The number of halogens is 1. The number of amides is 2. The lowest BCUT2D eigenvalue weighted by atomic mass is 10.1. The smallest absolute Gasteiger partial charge is 0.405 e. The highest BCUT2D eigenvalue weighted by atomic mass is 127. The highest BCUT2D eigenvalue weighted by Crippen LogP contribution is 2.27. The van der Waals surface area contributed by atoms with Crippen molar-refractivity contribution in [2.24, 2.45) is 11.5 Å². The molecule has 0 aliphatic heterocycles. The monoisotopic (exact) mass is 364 g/mol. The third-order valence-corrected chi connectivity index (χ3v) is 3.17. The summed E-state index contributed by atoms with van der Waals surface area (Å²) in [6.45, 7) is 1.57. The minimum Gasteiger partial charge on any atom is -0.442 e. The molecule has 0 radical (unpaired) electrons. The maximum absolute atomic E-state index is 10.9. The Hall–Kier alpha value is -1.51. The summed E-state index contributed by atoms with van der Waals surface area (Å²) in [6, 6.07) is 7.22. The van der Waals surface area contributed by atoms with E-state index >= 15 is 0 Å². The molecule has 6 nitrogen and oxygen atoms in total. The van der Waals surface area contributed by atoms with Crippen LogP contribution in [0.15, 0.2) is 24.3 Å². The average molecular weight is 364 g/mol. The van der Waals surface area contributed by atoms with Crippen LogP contribution in [0.1, 0.15) is 18.6 Å². The highest BCUT2D eigenvalue weighted by molar-refractivity contribution is 14.1. The normalized spacial score (nSPS) is 13.4. The first-order valence-electron chi connectivity index (χ1n) is 5.08. The van der Waals surface area contributed by atoms with Gasteiger partial charge in [-0.15, -0.1) is 0 Å². The van der Waals surface area contributed by atoms with Crippen molar-refractivity contribution in [1.29, 1.82) is 0 Å². The summed E-state index contributed by atoms with van der Waals surface area (Å²) >= 11 is 2.09. The van der Waals surface area contributed by atoms with Gasteiger partial charge in [-0.25, -0.2) is 9.59 Å². The van der Waals surface area contributed by atoms with Gasteiger partial charge in [-0.2, -0.15) is 0 Å². The van der Waals surface area contributed by atoms with Crippen LogP contribution in [0, 0.1) is 3.57 Å². The first-order chi connectivity index (χ1) is 8.41. The second-order valence-electron chi connectivity index (χ2n) is 3.52. The Balaban J connectivity index is 3.01. The molecule has 0 aromatic heterocycles. The van der Waals surface area contributed by atoms with Crippen LogP contribution in [0.3, 0.4) is 0 Å². The van der Waals surface area contributed by atoms with Crippen molar-refractivity contribution in [3.63, 3.8) is 0 Å². The third kappa shape index (κ3) is 4.06. The Kier molecular flexibility index (Phi) is 5.20. The summed E-state index contributed by atoms with van der Waals surface area (Å²) in [5.74, 6) is 0. The maximum atomic E-state index is 10.9. The lowest BCUT2D eigenvalue weighted by molar-refractivity contribution is 0.00377. The molecule has 1 aromatic rings. The zero-order valence-corrected chi connectivity index (χ0v) is 11.8. The molecule has 98 valence electrons. The van der Waals surface area contributed by atoms with Crippen molar-refractivity contribution in [3.8, 4) is 0 Å². The molecule has 2 amide bonds. The number of primary amides is 2. The predicted octanol–water partition coefficient (Wildman–Crippen LogP) is 1.91. The molecule has 0 fully saturated rings. The molecule has 1 rings (SSSR count). The molecule has 2 atom stereocenters. The van der Waals surface area contributed by atoms with Gasteiger partial charge < -0.3 is 20.9 Å². The second kappa shape index (κ2) is 6.43. The summed E-state index contributed by atoms with van der Waals surface area (Å²) in [6.07, 6.45) is -3.40. The van der Waals surface area contributed by atoms with Crippen LogP contribution in [0.25, 0.3) is 0 Å². The van der Waals surface area contributed by atoms with Gasteiger partial charge >= 0.3 is 12.2 Å². The van der Waals surface area contributed by atoms with Gasteiger partial charge in [0.15, 0.2) is 6.10 Å². The van der Waals surface area contributed by atoms with Crippen molar-refractivity contribution < 1.29 is 19.1 Å². The quantitative estimate of drug-likeness (QED) is 0.797. The van der Waals surface area contributed by atoms with E-state index < -0.39 is 24.4 Å². The van der Waals surface area contributed by atoms with Crippen LogP contribution < -0.4 is 11.5 Å². The molecular formula is C11H13IN2O4. The highest BCUT2D eigenvalue weighted by Gasteiger charge is 2.27. The van der Waals surface area contributed by atoms with Gasteiger partial charge in [-0.1, -0.05) is 18.2 Å². The standard InChI is InChI=1S/C11H13IN2O4/c1-6(17-10(13)15)9(18-11(14)16)7-4-2-3-5-8(7)12/h2-6,9H,1H3,(H2,13,15)(H2,14,16)/t6-,9+/m1/s1. The van der Waals surface area contributed by atoms with E-state index in [1.54, 1.807) is 19.1 Å². The van der Waals surface area contributed by atoms with Crippen LogP contribution in [0.5, 0.6) is 0 Å². The number of carbonyl (C=O) groups excluding carboxylic acids is 2. The van der Waals surface area contributed by atoms with Gasteiger partial charge in [-0.3, -0.25) is 0 Å². The third-order valence-electron chi connectivity index (χ3n) is 2.18. The topological polar surface area (TPSA) is 105 Å². The lowest BCUT2D eigenvalue weighted by Crippen LogP contribution is -2.31. The van der Waals surface area contributed by atoms with Crippen LogP contribution in [-0.4, -0.2) is 18.3 Å². The fourth-order valence-corrected chi connectivity index (χ4v) is 2.18. The Labute approximate surface area is 118 Å². The number of hydrogen-bond donors (Lipinski definition) is 2. The SMILES string of the molecule is C[C@@H](OC(N)=O)[C@H](OC(N)=O)c1ccccc1I. The van der Waals surface area contributed by atoms with Crippen LogP contribution in [-0.2, 0) is 9.47 Å². The van der Waals surface area contributed by atoms with Crippen LogP contribution in [0.4, 0.5) is 9.59 Å². The second-order valence-corrected chi connectivity index (χ2v) is 4.68. The minimum absolute atomic E-state index is 0.700. The van der Waals surface area contributed by atoms with Gasteiger partial charge in [0, 0.05) is 9.13 Å². The molecular weight excluding hydrogens is 351 g/mol. The fourth-order valence-electron chi connectivity index (χ4n) is 1.49. The number of ether oxygens (including phenoxy) is 2. The van der Waals surface area contributed by atoms with Gasteiger partial charge in [-0.05, 0) is 35.6 Å². The van der Waals surface area contributed by atoms with E-state index in [9.17, 15) is 9.59 Å². The van der Waals surface area contributed by atoms with E-state index in [2.05, 4.69) is 22.6 Å². The van der Waals surface area contributed by atoms with Gasteiger partial charge in [0.05, 0.1) is 0 Å².